The average Bonchev–Trinajstić information content (AvgIpc) is 2.83. The summed E-state index contributed by atoms with van der Waals surface area (Å²) in [7, 11) is -1.34. The third-order valence-electron chi connectivity index (χ3n) is 4.89. The van der Waals surface area contributed by atoms with E-state index in [0.717, 1.165) is 38.5 Å². The van der Waals surface area contributed by atoms with E-state index in [1.54, 1.807) is 11.9 Å². The molecule has 0 aromatic heterocycles. The van der Waals surface area contributed by atoms with Crippen LogP contribution in [-0.2, 0) is 14.6 Å². The van der Waals surface area contributed by atoms with Gasteiger partial charge in [-0.25, -0.2) is 8.42 Å². The maximum Gasteiger partial charge on any atom is 0.225 e. The lowest BCUT2D eigenvalue weighted by molar-refractivity contribution is -0.136. The number of rotatable bonds is 3. The number of hydrogen-bond donors (Lipinski definition) is 1. The molecule has 0 spiro atoms. The first-order valence-corrected chi connectivity index (χ1v) is 9.47. The van der Waals surface area contributed by atoms with Gasteiger partial charge in [-0.2, -0.15) is 0 Å². The van der Waals surface area contributed by atoms with E-state index in [9.17, 15) is 13.2 Å². The summed E-state index contributed by atoms with van der Waals surface area (Å²) < 4.78 is 23.9. The Morgan fingerprint density at radius 2 is 1.80 bits per heavy atom. The van der Waals surface area contributed by atoms with Crippen LogP contribution < -0.4 is 5.73 Å². The van der Waals surface area contributed by atoms with Crippen molar-refractivity contribution in [3.05, 3.63) is 0 Å². The molecule has 2 rings (SSSR count). The van der Waals surface area contributed by atoms with Crippen LogP contribution in [0.4, 0.5) is 0 Å². The SMILES string of the molecule is CN(C(=O)C1CCC(N)C1)C1CCCCC1S(C)(=O)=O. The Labute approximate surface area is 121 Å². The van der Waals surface area contributed by atoms with Crippen molar-refractivity contribution in [2.45, 2.75) is 62.3 Å². The summed E-state index contributed by atoms with van der Waals surface area (Å²) in [5.74, 6) is 0.0654. The molecular formula is C14H26N2O3S. The molecule has 2 saturated carbocycles. The topological polar surface area (TPSA) is 80.5 Å². The fourth-order valence-corrected chi connectivity index (χ4v) is 5.20. The molecule has 4 atom stereocenters. The molecule has 0 aromatic rings. The second-order valence-corrected chi connectivity index (χ2v) is 8.70. The molecule has 0 aliphatic heterocycles. The van der Waals surface area contributed by atoms with Crippen molar-refractivity contribution in [3.63, 3.8) is 0 Å². The molecule has 0 bridgehead atoms. The molecule has 2 aliphatic carbocycles. The summed E-state index contributed by atoms with van der Waals surface area (Å²) in [5, 5.41) is -0.403. The molecule has 0 radical (unpaired) electrons. The fourth-order valence-electron chi connectivity index (χ4n) is 3.71. The van der Waals surface area contributed by atoms with E-state index in [0.29, 0.717) is 6.42 Å². The highest BCUT2D eigenvalue weighted by molar-refractivity contribution is 7.91. The van der Waals surface area contributed by atoms with Gasteiger partial charge in [-0.05, 0) is 32.1 Å². The molecule has 0 aromatic carbocycles. The van der Waals surface area contributed by atoms with Crippen LogP contribution in [-0.4, -0.2) is 49.9 Å². The Kier molecular flexibility index (Phi) is 4.74. The van der Waals surface area contributed by atoms with E-state index in [4.69, 9.17) is 5.73 Å². The van der Waals surface area contributed by atoms with E-state index in [2.05, 4.69) is 0 Å². The van der Waals surface area contributed by atoms with Crippen molar-refractivity contribution < 1.29 is 13.2 Å². The number of sulfone groups is 1. The molecule has 6 heteroatoms. The van der Waals surface area contributed by atoms with Crippen LogP contribution in [0.3, 0.4) is 0 Å². The van der Waals surface area contributed by atoms with Gasteiger partial charge in [0.1, 0.15) is 0 Å². The summed E-state index contributed by atoms with van der Waals surface area (Å²) in [6.07, 6.45) is 7.15. The van der Waals surface area contributed by atoms with Crippen LogP contribution in [0, 0.1) is 5.92 Å². The highest BCUT2D eigenvalue weighted by Crippen LogP contribution is 2.31. The predicted molar refractivity (Wildman–Crippen MR) is 79.0 cm³/mol. The van der Waals surface area contributed by atoms with Crippen molar-refractivity contribution in [2.24, 2.45) is 11.7 Å². The van der Waals surface area contributed by atoms with Crippen LogP contribution in [0.2, 0.25) is 0 Å². The highest BCUT2D eigenvalue weighted by atomic mass is 32.2. The van der Waals surface area contributed by atoms with Gasteiger partial charge in [0.2, 0.25) is 5.91 Å². The zero-order valence-electron chi connectivity index (χ0n) is 12.4. The minimum Gasteiger partial charge on any atom is -0.341 e. The first kappa shape index (κ1) is 15.8. The predicted octanol–water partition coefficient (Wildman–Crippen LogP) is 0.928. The molecule has 0 heterocycles. The quantitative estimate of drug-likeness (QED) is 0.841. The van der Waals surface area contributed by atoms with Crippen molar-refractivity contribution >= 4 is 15.7 Å². The molecule has 4 unspecified atom stereocenters. The van der Waals surface area contributed by atoms with Gasteiger partial charge in [0.15, 0.2) is 9.84 Å². The van der Waals surface area contributed by atoms with Crippen LogP contribution >= 0.6 is 0 Å². The molecule has 0 saturated heterocycles. The Morgan fingerprint density at radius 3 is 2.35 bits per heavy atom. The molecule has 20 heavy (non-hydrogen) atoms. The van der Waals surface area contributed by atoms with Gasteiger partial charge in [0.05, 0.1) is 5.25 Å². The summed E-state index contributed by atoms with van der Waals surface area (Å²) >= 11 is 0. The molecular weight excluding hydrogens is 276 g/mol. The molecule has 2 fully saturated rings. The molecule has 1 amide bonds. The van der Waals surface area contributed by atoms with Crippen LogP contribution in [0.15, 0.2) is 0 Å². The molecule has 5 nitrogen and oxygen atoms in total. The van der Waals surface area contributed by atoms with Crippen LogP contribution in [0.1, 0.15) is 44.9 Å². The zero-order valence-corrected chi connectivity index (χ0v) is 13.2. The van der Waals surface area contributed by atoms with E-state index < -0.39 is 15.1 Å². The highest BCUT2D eigenvalue weighted by Gasteiger charge is 2.39. The maximum absolute atomic E-state index is 12.5. The number of nitrogens with zero attached hydrogens (tertiary/aromatic N) is 1. The van der Waals surface area contributed by atoms with Crippen LogP contribution in [0.25, 0.3) is 0 Å². The monoisotopic (exact) mass is 302 g/mol. The molecule has 2 N–H and O–H groups in total. The lowest BCUT2D eigenvalue weighted by Crippen LogP contribution is -2.50. The average molecular weight is 302 g/mol. The minimum atomic E-state index is -3.11. The lowest BCUT2D eigenvalue weighted by atomic mass is 9.92. The van der Waals surface area contributed by atoms with Crippen molar-refractivity contribution in [3.8, 4) is 0 Å². The summed E-state index contributed by atoms with van der Waals surface area (Å²) in [4.78, 5) is 14.2. The normalized spacial score (nSPS) is 35.0. The number of carbonyl (C=O) groups excluding carboxylic acids is 1. The second-order valence-electron chi connectivity index (χ2n) is 6.44. The van der Waals surface area contributed by atoms with Gasteiger partial charge in [0.25, 0.3) is 0 Å². The van der Waals surface area contributed by atoms with Crippen molar-refractivity contribution in [2.75, 3.05) is 13.3 Å². The smallest absolute Gasteiger partial charge is 0.225 e. The van der Waals surface area contributed by atoms with Gasteiger partial charge in [-0.15, -0.1) is 0 Å². The van der Waals surface area contributed by atoms with Gasteiger partial charge in [-0.1, -0.05) is 12.8 Å². The Morgan fingerprint density at radius 1 is 1.15 bits per heavy atom. The summed E-state index contributed by atoms with van der Waals surface area (Å²) in [6, 6.07) is -0.0440. The van der Waals surface area contributed by atoms with Crippen molar-refractivity contribution in [1.29, 1.82) is 0 Å². The first-order valence-electron chi connectivity index (χ1n) is 7.52. The fraction of sp³-hybridized carbons (Fsp3) is 0.929. The maximum atomic E-state index is 12.5. The third-order valence-corrected chi connectivity index (χ3v) is 6.53. The zero-order chi connectivity index (χ0) is 14.9. The van der Waals surface area contributed by atoms with E-state index in [-0.39, 0.29) is 23.9 Å². The van der Waals surface area contributed by atoms with Crippen LogP contribution in [0.5, 0.6) is 0 Å². The Bertz CT molecular complexity index is 463. The van der Waals surface area contributed by atoms with Gasteiger partial charge < -0.3 is 10.6 Å². The Hall–Kier alpha value is -0.620. The number of nitrogens with two attached hydrogens (primary N) is 1. The van der Waals surface area contributed by atoms with E-state index >= 15 is 0 Å². The number of amides is 1. The lowest BCUT2D eigenvalue weighted by Gasteiger charge is -2.38. The first-order chi connectivity index (χ1) is 9.30. The van der Waals surface area contributed by atoms with Gasteiger partial charge in [0, 0.05) is 31.3 Å². The summed E-state index contributed by atoms with van der Waals surface area (Å²) in [6.45, 7) is 0. The van der Waals surface area contributed by atoms with Gasteiger partial charge in [-0.3, -0.25) is 4.79 Å². The second kappa shape index (κ2) is 6.02. The van der Waals surface area contributed by atoms with E-state index in [1.807, 2.05) is 0 Å². The molecule has 116 valence electrons. The third kappa shape index (κ3) is 3.34. The van der Waals surface area contributed by atoms with Gasteiger partial charge >= 0.3 is 0 Å². The Balaban J connectivity index is 2.09. The minimum absolute atomic E-state index is 0.0165. The summed E-state index contributed by atoms with van der Waals surface area (Å²) in [5.41, 5.74) is 5.87. The van der Waals surface area contributed by atoms with Crippen molar-refractivity contribution in [1.82, 2.24) is 4.90 Å². The largest absolute Gasteiger partial charge is 0.341 e. The number of hydrogen-bond acceptors (Lipinski definition) is 4. The standard InChI is InChI=1S/C14H26N2O3S/c1-16(14(17)10-7-8-11(15)9-10)12-5-3-4-6-13(12)20(2,18)19/h10-13H,3-9,15H2,1-2H3. The van der Waals surface area contributed by atoms with E-state index in [1.165, 1.54) is 6.26 Å². The molecule has 2 aliphatic rings. The number of carbonyl (C=O) groups is 1.